The largest absolute Gasteiger partial charge is 0.390 e. The Balaban J connectivity index is 4.39. The quantitative estimate of drug-likeness (QED) is 0.0798. The summed E-state index contributed by atoms with van der Waals surface area (Å²) in [5, 5.41) is 26.1. The van der Waals surface area contributed by atoms with Crippen LogP contribution in [-0.2, 0) is 57.5 Å². The third-order valence-corrected chi connectivity index (χ3v) is 17.4. The SMILES string of the molecule is CC[C@@H]1NC(=O)[C@H]([C@H](O)[C@H](C)CC=CCCCNC(C)=O)N(C)C(=O)[C@H](C(C)C)N(C)C(=O)[C@H](CC(C)C)N(C)C(=O)[C@H](CC(C)C)N(C)C(=O)[C@@H](C)NC(=O)[C@H](C)NC(=O)[C@H](CC(C)C)N(C)C(=O)[C@H](C(C)C)NC(=O)[C@H](CC(C)C)N(C)C(=O)[C@@H](C)N(C)C1=O. The average Bonchev–Trinajstić information content (AvgIpc) is 0.815. The number of hydrogen-bond donors (Lipinski definition) is 6. The summed E-state index contributed by atoms with van der Waals surface area (Å²) < 4.78 is 0. The molecule has 92 heavy (non-hydrogen) atoms. The first kappa shape index (κ1) is 83.4. The molecule has 6 N–H and O–H groups in total. The number of amides is 12. The normalized spacial score (nSPS) is 26.5. The average molecular weight is 1300 g/mol. The van der Waals surface area contributed by atoms with Gasteiger partial charge in [-0.3, -0.25) is 57.5 Å². The zero-order valence-corrected chi connectivity index (χ0v) is 60.5. The molecule has 0 spiro atoms. The van der Waals surface area contributed by atoms with Crippen molar-refractivity contribution in [2.45, 2.75) is 249 Å². The maximum atomic E-state index is 15.3. The molecule has 1 rings (SSSR count). The highest BCUT2D eigenvalue weighted by molar-refractivity contribution is 6.00. The number of aliphatic hydroxyl groups is 1. The van der Waals surface area contributed by atoms with Gasteiger partial charge in [0.05, 0.1) is 6.10 Å². The fraction of sp³-hybridized carbons (Fsp3) is 0.791. The number of likely N-dealkylation sites (N-methyl/N-ethyl adjacent to an activating group) is 7. The molecule has 1 heterocycles. The Kier molecular flexibility index (Phi) is 34.9. The van der Waals surface area contributed by atoms with Gasteiger partial charge in [-0.25, -0.2) is 0 Å². The van der Waals surface area contributed by atoms with Crippen molar-refractivity contribution < 1.29 is 62.6 Å². The molecule has 0 unspecified atom stereocenters. The van der Waals surface area contributed by atoms with Gasteiger partial charge in [0.25, 0.3) is 0 Å². The molecule has 1 aliphatic rings. The highest BCUT2D eigenvalue weighted by Crippen LogP contribution is 2.26. The summed E-state index contributed by atoms with van der Waals surface area (Å²) in [6.07, 6.45) is 4.17. The van der Waals surface area contributed by atoms with E-state index in [0.717, 1.165) is 9.80 Å². The third kappa shape index (κ3) is 24.0. The summed E-state index contributed by atoms with van der Waals surface area (Å²) in [4.78, 5) is 182. The van der Waals surface area contributed by atoms with Gasteiger partial charge in [-0.15, -0.1) is 0 Å². The van der Waals surface area contributed by atoms with Crippen molar-refractivity contribution in [2.24, 2.45) is 41.4 Å². The van der Waals surface area contributed by atoms with Crippen LogP contribution in [0.1, 0.15) is 176 Å². The first-order valence-corrected chi connectivity index (χ1v) is 33.2. The molecule has 0 saturated carbocycles. The van der Waals surface area contributed by atoms with Crippen LogP contribution in [0.3, 0.4) is 0 Å². The number of hydrogen-bond acceptors (Lipinski definition) is 13. The van der Waals surface area contributed by atoms with Crippen LogP contribution in [-0.4, -0.2) is 239 Å². The Morgan fingerprint density at radius 3 is 1.35 bits per heavy atom. The first-order chi connectivity index (χ1) is 42.5. The first-order valence-electron chi connectivity index (χ1n) is 33.2. The summed E-state index contributed by atoms with van der Waals surface area (Å²) in [5.74, 6) is -10.2. The van der Waals surface area contributed by atoms with E-state index in [1.807, 2.05) is 67.5 Å². The Labute approximate surface area is 550 Å². The lowest BCUT2D eigenvalue weighted by atomic mass is 9.91. The van der Waals surface area contributed by atoms with E-state index in [4.69, 9.17) is 0 Å². The van der Waals surface area contributed by atoms with Gasteiger partial charge < -0.3 is 66.0 Å². The minimum absolute atomic E-state index is 0.00950. The highest BCUT2D eigenvalue weighted by atomic mass is 16.3. The summed E-state index contributed by atoms with van der Waals surface area (Å²) >= 11 is 0. The molecular formula is C67H120N12O13. The number of aliphatic hydroxyl groups excluding tert-OH is 1. The van der Waals surface area contributed by atoms with Crippen molar-refractivity contribution in [3.05, 3.63) is 12.2 Å². The van der Waals surface area contributed by atoms with Crippen molar-refractivity contribution in [3.63, 3.8) is 0 Å². The topological polar surface area (TPSA) is 308 Å². The number of carbonyl (C=O) groups excluding carboxylic acids is 12. The fourth-order valence-electron chi connectivity index (χ4n) is 11.5. The Bertz CT molecular complexity index is 2540. The van der Waals surface area contributed by atoms with Crippen LogP contribution in [0.15, 0.2) is 12.2 Å². The molecule has 1 fully saturated rings. The summed E-state index contributed by atoms with van der Waals surface area (Å²) in [6, 6.07) is -13.9. The zero-order chi connectivity index (χ0) is 71.3. The minimum Gasteiger partial charge on any atom is -0.390 e. The van der Waals surface area contributed by atoms with Crippen LogP contribution in [0.25, 0.3) is 0 Å². The van der Waals surface area contributed by atoms with Crippen molar-refractivity contribution in [1.82, 2.24) is 60.9 Å². The minimum atomic E-state index is -1.67. The van der Waals surface area contributed by atoms with E-state index in [1.165, 1.54) is 102 Å². The second kappa shape index (κ2) is 38.5. The smallest absolute Gasteiger partial charge is 0.246 e. The fourth-order valence-corrected chi connectivity index (χ4v) is 11.5. The second-order valence-corrected chi connectivity index (χ2v) is 28.0. The predicted molar refractivity (Wildman–Crippen MR) is 355 cm³/mol. The lowest BCUT2D eigenvalue weighted by Gasteiger charge is -2.41. The third-order valence-electron chi connectivity index (χ3n) is 17.4. The van der Waals surface area contributed by atoms with Crippen molar-refractivity contribution in [1.29, 1.82) is 0 Å². The van der Waals surface area contributed by atoms with Crippen molar-refractivity contribution in [3.8, 4) is 0 Å². The van der Waals surface area contributed by atoms with Crippen molar-refractivity contribution >= 4 is 70.9 Å². The zero-order valence-electron chi connectivity index (χ0n) is 60.5. The van der Waals surface area contributed by atoms with Gasteiger partial charge in [0.2, 0.25) is 70.9 Å². The Morgan fingerprint density at radius 2 is 0.891 bits per heavy atom. The number of unbranched alkanes of at least 4 members (excludes halogenated alkanes) is 1. The molecule has 0 aromatic rings. The van der Waals surface area contributed by atoms with Gasteiger partial charge in [0.1, 0.15) is 66.5 Å². The van der Waals surface area contributed by atoms with E-state index >= 15 is 19.2 Å². The molecule has 25 nitrogen and oxygen atoms in total. The molecule has 13 atom stereocenters. The molecule has 526 valence electrons. The van der Waals surface area contributed by atoms with Gasteiger partial charge >= 0.3 is 0 Å². The van der Waals surface area contributed by atoms with Crippen LogP contribution in [0.2, 0.25) is 0 Å². The van der Waals surface area contributed by atoms with Gasteiger partial charge in [-0.05, 0) is 114 Å². The molecule has 0 aromatic carbocycles. The second-order valence-electron chi connectivity index (χ2n) is 28.0. The Morgan fingerprint density at radius 1 is 0.467 bits per heavy atom. The Hall–Kier alpha value is -6.66. The molecule has 12 amide bonds. The summed E-state index contributed by atoms with van der Waals surface area (Å²) in [6.45, 7) is 31.3. The van der Waals surface area contributed by atoms with Gasteiger partial charge in [-0.1, -0.05) is 109 Å². The van der Waals surface area contributed by atoms with Crippen LogP contribution in [0, 0.1) is 41.4 Å². The van der Waals surface area contributed by atoms with E-state index in [2.05, 4.69) is 26.6 Å². The number of allylic oxidation sites excluding steroid dienone is 2. The van der Waals surface area contributed by atoms with E-state index < -0.39 is 155 Å². The van der Waals surface area contributed by atoms with E-state index in [9.17, 15) is 43.5 Å². The summed E-state index contributed by atoms with van der Waals surface area (Å²) in [5.41, 5.74) is 0. The molecule has 0 aromatic heterocycles. The lowest BCUT2D eigenvalue weighted by molar-refractivity contribution is -0.157. The van der Waals surface area contributed by atoms with E-state index in [1.54, 1.807) is 41.5 Å². The number of carbonyl (C=O) groups is 12. The number of rotatable bonds is 19. The van der Waals surface area contributed by atoms with E-state index in [-0.39, 0.29) is 68.1 Å². The maximum absolute atomic E-state index is 15.3. The molecule has 25 heteroatoms. The maximum Gasteiger partial charge on any atom is 0.246 e. The van der Waals surface area contributed by atoms with Gasteiger partial charge in [0, 0.05) is 62.8 Å². The highest BCUT2D eigenvalue weighted by Gasteiger charge is 2.46. The number of nitrogens with zero attached hydrogens (tertiary/aromatic N) is 7. The lowest BCUT2D eigenvalue weighted by Crippen LogP contribution is -2.64. The van der Waals surface area contributed by atoms with Crippen LogP contribution < -0.4 is 26.6 Å². The number of nitrogens with one attached hydrogen (secondary N) is 5. The van der Waals surface area contributed by atoms with Crippen LogP contribution in [0.4, 0.5) is 0 Å². The van der Waals surface area contributed by atoms with Crippen LogP contribution in [0.5, 0.6) is 0 Å². The van der Waals surface area contributed by atoms with Gasteiger partial charge in [0.15, 0.2) is 0 Å². The molecule has 0 radical (unpaired) electrons. The summed E-state index contributed by atoms with van der Waals surface area (Å²) in [7, 11) is 9.90. The van der Waals surface area contributed by atoms with E-state index in [0.29, 0.717) is 19.4 Å². The predicted octanol–water partition coefficient (Wildman–Crippen LogP) is 3.55. The monoisotopic (exact) mass is 1300 g/mol. The van der Waals surface area contributed by atoms with Gasteiger partial charge in [-0.2, -0.15) is 0 Å². The molecular weight excluding hydrogens is 1180 g/mol. The van der Waals surface area contributed by atoms with Crippen molar-refractivity contribution in [2.75, 3.05) is 55.9 Å². The standard InChI is InChI=1S/C67H120N12O13/c1-26-48-63(88)73(19)46(17)62(87)74(20)50(34-38(4)5)59(84)72-53(41(10)11)66(91)75(21)49(33-37(2)3)58(83)69-44(15)57(82)70-45(16)61(86)76(22)51(35-39(6)7)64(89)77(23)52(36-40(8)9)65(90)78(24)54(42(12)13)67(92)79(25)55(60(85)71-48)56(81)43(14)31-29-27-28-30-32-68-47(18)80/h27,29,37-46,48-56,81H,26,28,30-36H2,1-25H3,(H,68,80)(H,69,83)(H,70,82)(H,71,85)(H,72,84)/t43-,44+,45-,46-,48+,49+,50+,51+,52+,53+,54+,55+,56-/m1/s1. The molecule has 1 saturated heterocycles. The van der Waals surface area contributed by atoms with Crippen LogP contribution >= 0.6 is 0 Å². The molecule has 0 bridgehead atoms. The molecule has 1 aliphatic heterocycles. The molecule has 0 aliphatic carbocycles.